The lowest BCUT2D eigenvalue weighted by Gasteiger charge is -2.15. The van der Waals surface area contributed by atoms with E-state index in [1.807, 2.05) is 0 Å². The van der Waals surface area contributed by atoms with E-state index in [9.17, 15) is 4.79 Å². The standard InChI is InChI=1S/C6H11NO2/c1-3-6(2,7)4-5(8)9/h3H,1,4,7H2,2H3,(H,8,9)/t6-/m0/s1. The molecule has 0 unspecified atom stereocenters. The monoisotopic (exact) mass is 129 g/mol. The molecule has 0 aliphatic rings. The second-order valence-electron chi connectivity index (χ2n) is 2.28. The molecule has 0 heterocycles. The van der Waals surface area contributed by atoms with Crippen LogP contribution in [0.4, 0.5) is 0 Å². The number of rotatable bonds is 3. The van der Waals surface area contributed by atoms with Crippen LogP contribution in [0.1, 0.15) is 13.3 Å². The Labute approximate surface area is 54.2 Å². The van der Waals surface area contributed by atoms with Crippen LogP contribution in [0.25, 0.3) is 0 Å². The van der Waals surface area contributed by atoms with Crippen molar-refractivity contribution in [1.29, 1.82) is 0 Å². The molecule has 0 aromatic heterocycles. The van der Waals surface area contributed by atoms with Gasteiger partial charge in [0.05, 0.1) is 6.42 Å². The minimum absolute atomic E-state index is 0.0729. The molecule has 52 valence electrons. The van der Waals surface area contributed by atoms with Gasteiger partial charge >= 0.3 is 5.97 Å². The summed E-state index contributed by atoms with van der Waals surface area (Å²) in [7, 11) is 0. The molecule has 3 nitrogen and oxygen atoms in total. The molecule has 0 spiro atoms. The zero-order valence-corrected chi connectivity index (χ0v) is 5.42. The third-order valence-corrected chi connectivity index (χ3v) is 0.998. The first-order chi connectivity index (χ1) is 3.98. The van der Waals surface area contributed by atoms with Crippen LogP contribution < -0.4 is 5.73 Å². The highest BCUT2D eigenvalue weighted by Crippen LogP contribution is 2.04. The van der Waals surface area contributed by atoms with Crippen LogP contribution >= 0.6 is 0 Å². The van der Waals surface area contributed by atoms with Gasteiger partial charge in [0.15, 0.2) is 0 Å². The zero-order chi connectivity index (χ0) is 7.49. The van der Waals surface area contributed by atoms with Gasteiger partial charge in [-0.3, -0.25) is 4.79 Å². The lowest BCUT2D eigenvalue weighted by Crippen LogP contribution is -2.35. The maximum Gasteiger partial charge on any atom is 0.305 e. The molecule has 3 heteroatoms. The van der Waals surface area contributed by atoms with Crippen molar-refractivity contribution in [1.82, 2.24) is 0 Å². The molecule has 0 fully saturated rings. The van der Waals surface area contributed by atoms with Crippen LogP contribution in [0.3, 0.4) is 0 Å². The van der Waals surface area contributed by atoms with E-state index in [0.717, 1.165) is 0 Å². The number of hydrogen-bond acceptors (Lipinski definition) is 2. The van der Waals surface area contributed by atoms with Crippen LogP contribution in [0, 0.1) is 0 Å². The minimum Gasteiger partial charge on any atom is -0.481 e. The maximum absolute atomic E-state index is 10.0. The van der Waals surface area contributed by atoms with Crippen molar-refractivity contribution in [2.24, 2.45) is 5.73 Å². The van der Waals surface area contributed by atoms with Gasteiger partial charge in [-0.15, -0.1) is 6.58 Å². The Morgan fingerprint density at radius 3 is 2.56 bits per heavy atom. The highest BCUT2D eigenvalue weighted by Gasteiger charge is 2.16. The molecule has 0 aliphatic carbocycles. The summed E-state index contributed by atoms with van der Waals surface area (Å²) >= 11 is 0. The van der Waals surface area contributed by atoms with Gasteiger partial charge in [0, 0.05) is 5.54 Å². The molecule has 3 N–H and O–H groups in total. The molecular weight excluding hydrogens is 118 g/mol. The van der Waals surface area contributed by atoms with Crippen molar-refractivity contribution >= 4 is 5.97 Å². The fraction of sp³-hybridized carbons (Fsp3) is 0.500. The van der Waals surface area contributed by atoms with Crippen LogP contribution in [0.5, 0.6) is 0 Å². The van der Waals surface area contributed by atoms with Gasteiger partial charge in [0.2, 0.25) is 0 Å². The summed E-state index contributed by atoms with van der Waals surface area (Å²) in [6, 6.07) is 0. The maximum atomic E-state index is 10.0. The summed E-state index contributed by atoms with van der Waals surface area (Å²) in [6.45, 7) is 5.02. The van der Waals surface area contributed by atoms with Gasteiger partial charge in [-0.2, -0.15) is 0 Å². The molecule has 0 rings (SSSR count). The lowest BCUT2D eigenvalue weighted by atomic mass is 10.0. The van der Waals surface area contributed by atoms with E-state index >= 15 is 0 Å². The number of carbonyl (C=O) groups is 1. The van der Waals surface area contributed by atoms with E-state index in [1.54, 1.807) is 6.92 Å². The molecule has 9 heavy (non-hydrogen) atoms. The first-order valence-corrected chi connectivity index (χ1v) is 2.62. The van der Waals surface area contributed by atoms with Crippen LogP contribution in [-0.2, 0) is 4.79 Å². The van der Waals surface area contributed by atoms with Gasteiger partial charge in [-0.05, 0) is 6.92 Å². The first kappa shape index (κ1) is 8.17. The summed E-state index contributed by atoms with van der Waals surface area (Å²) in [6.07, 6.45) is 1.36. The average Bonchev–Trinajstić information content (AvgIpc) is 1.63. The summed E-state index contributed by atoms with van der Waals surface area (Å²) in [5.41, 5.74) is 4.65. The van der Waals surface area contributed by atoms with Gasteiger partial charge in [0.1, 0.15) is 0 Å². The molecule has 0 saturated carbocycles. The van der Waals surface area contributed by atoms with Gasteiger partial charge < -0.3 is 10.8 Å². The van der Waals surface area contributed by atoms with E-state index in [1.165, 1.54) is 6.08 Å². The van der Waals surface area contributed by atoms with Crippen molar-refractivity contribution in [3.63, 3.8) is 0 Å². The predicted molar refractivity (Wildman–Crippen MR) is 35.0 cm³/mol. The quantitative estimate of drug-likeness (QED) is 0.541. The Balaban J connectivity index is 3.86. The first-order valence-electron chi connectivity index (χ1n) is 2.62. The minimum atomic E-state index is -0.903. The van der Waals surface area contributed by atoms with Crippen molar-refractivity contribution in [3.05, 3.63) is 12.7 Å². The summed E-state index contributed by atoms with van der Waals surface area (Å²) in [5, 5.41) is 8.25. The number of carboxylic acid groups (broad SMARTS) is 1. The topological polar surface area (TPSA) is 63.3 Å². The Hall–Kier alpha value is -0.830. The second kappa shape index (κ2) is 2.64. The van der Waals surface area contributed by atoms with E-state index in [-0.39, 0.29) is 6.42 Å². The fourth-order valence-corrected chi connectivity index (χ4v) is 0.398. The van der Waals surface area contributed by atoms with Crippen molar-refractivity contribution in [2.45, 2.75) is 18.9 Å². The molecule has 0 aromatic rings. The van der Waals surface area contributed by atoms with Crippen molar-refractivity contribution < 1.29 is 9.90 Å². The number of nitrogens with two attached hydrogens (primary N) is 1. The summed E-state index contributed by atoms with van der Waals surface area (Å²) in [5.74, 6) is -0.903. The Morgan fingerprint density at radius 1 is 2.00 bits per heavy atom. The smallest absolute Gasteiger partial charge is 0.305 e. The normalized spacial score (nSPS) is 16.2. The Morgan fingerprint density at radius 2 is 2.44 bits per heavy atom. The summed E-state index contributed by atoms with van der Waals surface area (Å²) in [4.78, 5) is 10.0. The molecule has 0 aliphatic heterocycles. The van der Waals surface area contributed by atoms with Crippen molar-refractivity contribution in [3.8, 4) is 0 Å². The fourth-order valence-electron chi connectivity index (χ4n) is 0.398. The second-order valence-corrected chi connectivity index (χ2v) is 2.28. The summed E-state index contributed by atoms with van der Waals surface area (Å²) < 4.78 is 0. The van der Waals surface area contributed by atoms with Crippen LogP contribution in [0.15, 0.2) is 12.7 Å². The van der Waals surface area contributed by atoms with Crippen LogP contribution in [-0.4, -0.2) is 16.6 Å². The predicted octanol–water partition coefficient (Wildman–Crippen LogP) is 0.365. The highest BCUT2D eigenvalue weighted by atomic mass is 16.4. The zero-order valence-electron chi connectivity index (χ0n) is 5.42. The van der Waals surface area contributed by atoms with E-state index < -0.39 is 11.5 Å². The highest BCUT2D eigenvalue weighted by molar-refractivity contribution is 5.68. The third-order valence-electron chi connectivity index (χ3n) is 0.998. The SMILES string of the molecule is C=C[C@](C)(N)CC(=O)O. The van der Waals surface area contributed by atoms with E-state index in [0.29, 0.717) is 0 Å². The molecule has 0 bridgehead atoms. The van der Waals surface area contributed by atoms with Gasteiger partial charge in [0.25, 0.3) is 0 Å². The molecule has 1 atom stereocenters. The number of aliphatic carboxylic acids is 1. The Kier molecular flexibility index (Phi) is 2.40. The van der Waals surface area contributed by atoms with E-state index in [2.05, 4.69) is 6.58 Å². The molecule has 0 amide bonds. The van der Waals surface area contributed by atoms with Gasteiger partial charge in [-0.25, -0.2) is 0 Å². The van der Waals surface area contributed by atoms with Gasteiger partial charge in [-0.1, -0.05) is 6.08 Å². The molecular formula is C6H11NO2. The average molecular weight is 129 g/mol. The molecule has 0 aromatic carbocycles. The molecule has 0 radical (unpaired) electrons. The largest absolute Gasteiger partial charge is 0.481 e. The Bertz CT molecular complexity index is 129. The third kappa shape index (κ3) is 3.73. The van der Waals surface area contributed by atoms with E-state index in [4.69, 9.17) is 10.8 Å². The van der Waals surface area contributed by atoms with Crippen LogP contribution in [0.2, 0.25) is 0 Å². The number of carboxylic acids is 1. The lowest BCUT2D eigenvalue weighted by molar-refractivity contribution is -0.137. The molecule has 0 saturated heterocycles. The van der Waals surface area contributed by atoms with Crippen molar-refractivity contribution in [2.75, 3.05) is 0 Å². The number of hydrogen-bond donors (Lipinski definition) is 2.